The first kappa shape index (κ1) is 21.0. The van der Waals surface area contributed by atoms with Gasteiger partial charge in [0.15, 0.2) is 9.84 Å². The molecule has 0 atom stereocenters. The summed E-state index contributed by atoms with van der Waals surface area (Å²) < 4.78 is 66.0. The van der Waals surface area contributed by atoms with Crippen LogP contribution in [-0.4, -0.2) is 30.0 Å². The Balaban J connectivity index is 2.19. The van der Waals surface area contributed by atoms with Crippen molar-refractivity contribution in [1.82, 2.24) is 9.55 Å². The lowest BCUT2D eigenvalue weighted by Gasteiger charge is -2.16. The molecule has 0 fully saturated rings. The topological polar surface area (TPSA) is 69.0 Å². The molecule has 1 aromatic carbocycles. The quantitative estimate of drug-likeness (QED) is 0.622. The number of hydrogen-bond donors (Lipinski definition) is 0. The average molecular weight is 424 g/mol. The standard InChI is InChI=1S/C20H19F3N2O3S/c1-12(26)9-17-13(2)25(19-16(17)5-4-8-24-19)11-14-6-7-15(29(3,27)28)10-18(14)20(21,22)23/h4-8,10H,9,11H2,1-3H3. The zero-order chi connectivity index (χ0) is 21.6. The Bertz CT molecular complexity index is 1210. The SMILES string of the molecule is CC(=O)Cc1c(C)n(Cc2ccc(S(C)(=O)=O)cc2C(F)(F)F)c2ncccc12. The first-order valence-corrected chi connectivity index (χ1v) is 10.6. The van der Waals surface area contributed by atoms with Gasteiger partial charge in [0.05, 0.1) is 10.5 Å². The minimum atomic E-state index is -4.72. The van der Waals surface area contributed by atoms with Crippen molar-refractivity contribution < 1.29 is 26.4 Å². The fourth-order valence-electron chi connectivity index (χ4n) is 3.39. The zero-order valence-electron chi connectivity index (χ0n) is 16.0. The van der Waals surface area contributed by atoms with E-state index in [1.54, 1.807) is 23.6 Å². The van der Waals surface area contributed by atoms with Gasteiger partial charge in [0.25, 0.3) is 0 Å². The van der Waals surface area contributed by atoms with E-state index in [1.807, 2.05) is 0 Å². The molecule has 0 saturated heterocycles. The number of benzene rings is 1. The number of ketones is 1. The van der Waals surface area contributed by atoms with E-state index in [0.717, 1.165) is 11.8 Å². The van der Waals surface area contributed by atoms with Gasteiger partial charge in [-0.05, 0) is 49.2 Å². The van der Waals surface area contributed by atoms with Crippen LogP contribution in [0.15, 0.2) is 41.4 Å². The smallest absolute Gasteiger partial charge is 0.325 e. The molecule has 0 radical (unpaired) electrons. The first-order chi connectivity index (χ1) is 13.4. The summed E-state index contributed by atoms with van der Waals surface area (Å²) in [7, 11) is -3.78. The van der Waals surface area contributed by atoms with Gasteiger partial charge >= 0.3 is 6.18 Å². The summed E-state index contributed by atoms with van der Waals surface area (Å²) in [5, 5.41) is 0.710. The van der Waals surface area contributed by atoms with Gasteiger partial charge in [-0.25, -0.2) is 13.4 Å². The van der Waals surface area contributed by atoms with Gasteiger partial charge in [0.1, 0.15) is 11.4 Å². The van der Waals surface area contributed by atoms with Gasteiger partial charge in [-0.3, -0.25) is 4.79 Å². The van der Waals surface area contributed by atoms with E-state index in [0.29, 0.717) is 22.8 Å². The molecule has 9 heteroatoms. The molecule has 3 rings (SSSR count). The van der Waals surface area contributed by atoms with Crippen molar-refractivity contribution >= 4 is 26.7 Å². The molecule has 0 amide bonds. The zero-order valence-corrected chi connectivity index (χ0v) is 16.9. The maximum absolute atomic E-state index is 13.6. The van der Waals surface area contributed by atoms with Gasteiger partial charge in [-0.2, -0.15) is 13.2 Å². The van der Waals surface area contributed by atoms with Crippen LogP contribution >= 0.6 is 0 Å². The predicted molar refractivity (Wildman–Crippen MR) is 103 cm³/mol. The molecular weight excluding hydrogens is 405 g/mol. The van der Waals surface area contributed by atoms with E-state index in [1.165, 1.54) is 25.3 Å². The summed E-state index contributed by atoms with van der Waals surface area (Å²) in [4.78, 5) is 15.6. The third-order valence-electron chi connectivity index (χ3n) is 4.78. The van der Waals surface area contributed by atoms with E-state index >= 15 is 0 Å². The summed E-state index contributed by atoms with van der Waals surface area (Å²) in [5.41, 5.74) is 0.758. The predicted octanol–water partition coefficient (Wildman–Crippen LogP) is 3.95. The number of sulfone groups is 1. The molecule has 0 aliphatic rings. The van der Waals surface area contributed by atoms with Crippen molar-refractivity contribution in [3.05, 3.63) is 58.9 Å². The van der Waals surface area contributed by atoms with Crippen LogP contribution in [0.1, 0.15) is 29.3 Å². The molecule has 0 aliphatic carbocycles. The molecule has 154 valence electrons. The number of rotatable bonds is 5. The molecule has 2 heterocycles. The lowest BCUT2D eigenvalue weighted by atomic mass is 10.1. The first-order valence-electron chi connectivity index (χ1n) is 8.72. The minimum Gasteiger partial charge on any atom is -0.325 e. The van der Waals surface area contributed by atoms with E-state index in [9.17, 15) is 26.4 Å². The highest BCUT2D eigenvalue weighted by atomic mass is 32.2. The Morgan fingerprint density at radius 1 is 1.21 bits per heavy atom. The van der Waals surface area contributed by atoms with Gasteiger partial charge < -0.3 is 4.57 Å². The second kappa shape index (κ2) is 7.29. The van der Waals surface area contributed by atoms with Crippen LogP contribution in [0.3, 0.4) is 0 Å². The van der Waals surface area contributed by atoms with Crippen molar-refractivity contribution in [2.75, 3.05) is 6.26 Å². The number of halogens is 3. The molecule has 5 nitrogen and oxygen atoms in total. The Morgan fingerprint density at radius 2 is 1.90 bits per heavy atom. The summed E-state index contributed by atoms with van der Waals surface area (Å²) in [6, 6.07) is 6.50. The van der Waals surface area contributed by atoms with Crippen LogP contribution in [0.25, 0.3) is 11.0 Å². The summed E-state index contributed by atoms with van der Waals surface area (Å²) in [5.74, 6) is -0.0653. The Hall–Kier alpha value is -2.68. The number of aromatic nitrogens is 2. The Labute approximate surface area is 166 Å². The van der Waals surface area contributed by atoms with Gasteiger partial charge in [-0.1, -0.05) is 6.07 Å². The van der Waals surface area contributed by atoms with E-state index < -0.39 is 26.5 Å². The summed E-state index contributed by atoms with van der Waals surface area (Å²) in [6.45, 7) is 3.03. The molecule has 0 spiro atoms. The van der Waals surface area contributed by atoms with Gasteiger partial charge in [-0.15, -0.1) is 0 Å². The van der Waals surface area contributed by atoms with Crippen LogP contribution in [0, 0.1) is 6.92 Å². The highest BCUT2D eigenvalue weighted by Gasteiger charge is 2.34. The third kappa shape index (κ3) is 4.19. The number of carbonyl (C=O) groups is 1. The maximum atomic E-state index is 13.6. The fraction of sp³-hybridized carbons (Fsp3) is 0.300. The second-order valence-electron chi connectivity index (χ2n) is 6.99. The van der Waals surface area contributed by atoms with E-state index in [-0.39, 0.29) is 24.3 Å². The van der Waals surface area contributed by atoms with Crippen LogP contribution < -0.4 is 0 Å². The number of alkyl halides is 3. The fourth-order valence-corrected chi connectivity index (χ4v) is 4.04. The molecule has 3 aromatic rings. The maximum Gasteiger partial charge on any atom is 0.416 e. The van der Waals surface area contributed by atoms with Crippen LogP contribution in [0.4, 0.5) is 13.2 Å². The van der Waals surface area contributed by atoms with Crippen LogP contribution in [-0.2, 0) is 33.8 Å². The number of nitrogens with zero attached hydrogens (tertiary/aromatic N) is 2. The van der Waals surface area contributed by atoms with E-state index in [2.05, 4.69) is 4.98 Å². The number of fused-ring (bicyclic) bond motifs is 1. The Kier molecular flexibility index (Phi) is 5.29. The lowest BCUT2D eigenvalue weighted by molar-refractivity contribution is -0.138. The summed E-state index contributed by atoms with van der Waals surface area (Å²) in [6.07, 6.45) is -2.17. The largest absolute Gasteiger partial charge is 0.416 e. The average Bonchev–Trinajstić information content (AvgIpc) is 2.86. The van der Waals surface area contributed by atoms with Crippen molar-refractivity contribution in [2.24, 2.45) is 0 Å². The van der Waals surface area contributed by atoms with Crippen molar-refractivity contribution in [3.63, 3.8) is 0 Å². The minimum absolute atomic E-state index is 0.0653. The number of Topliss-reactive ketones (excluding diaryl/α,β-unsaturated/α-hetero) is 1. The normalized spacial score (nSPS) is 12.5. The molecule has 29 heavy (non-hydrogen) atoms. The number of pyridine rings is 1. The van der Waals surface area contributed by atoms with Crippen molar-refractivity contribution in [3.8, 4) is 0 Å². The third-order valence-corrected chi connectivity index (χ3v) is 5.89. The van der Waals surface area contributed by atoms with Crippen LogP contribution in [0.5, 0.6) is 0 Å². The van der Waals surface area contributed by atoms with Crippen LogP contribution in [0.2, 0.25) is 0 Å². The molecule has 0 aliphatic heterocycles. The second-order valence-corrected chi connectivity index (χ2v) is 9.01. The lowest BCUT2D eigenvalue weighted by Crippen LogP contribution is -2.14. The Morgan fingerprint density at radius 3 is 2.48 bits per heavy atom. The van der Waals surface area contributed by atoms with Gasteiger partial charge in [0, 0.05) is 36.5 Å². The van der Waals surface area contributed by atoms with Gasteiger partial charge in [0.2, 0.25) is 0 Å². The highest BCUT2D eigenvalue weighted by Crippen LogP contribution is 2.35. The monoisotopic (exact) mass is 424 g/mol. The van der Waals surface area contributed by atoms with E-state index in [4.69, 9.17) is 0 Å². The summed E-state index contributed by atoms with van der Waals surface area (Å²) >= 11 is 0. The molecule has 0 saturated carbocycles. The molecule has 2 aromatic heterocycles. The number of carbonyl (C=O) groups excluding carboxylic acids is 1. The van der Waals surface area contributed by atoms with Crippen molar-refractivity contribution in [1.29, 1.82) is 0 Å². The highest BCUT2D eigenvalue weighted by molar-refractivity contribution is 7.90. The molecule has 0 unspecified atom stereocenters. The van der Waals surface area contributed by atoms with Crippen molar-refractivity contribution in [2.45, 2.75) is 37.9 Å². The molecule has 0 N–H and O–H groups in total. The number of hydrogen-bond acceptors (Lipinski definition) is 4. The molecular formula is C20H19F3N2O3S. The molecule has 0 bridgehead atoms.